The minimum Gasteiger partial charge on any atom is -1.00 e. The molecule has 0 bridgehead atoms. The number of nitrogens with one attached hydrogen (secondary N) is 1. The van der Waals surface area contributed by atoms with Crippen LogP contribution in [0.3, 0.4) is 0 Å². The number of hydrogen-bond acceptors (Lipinski definition) is 19. The van der Waals surface area contributed by atoms with Crippen LogP contribution in [-0.4, -0.2) is 99.5 Å². The molecule has 0 saturated heterocycles. The number of phenolic OH excluding ortho intramolecular Hbond substituents is 1. The number of benzene rings is 6. The average molecular weight is 1990 g/mol. The minimum absolute atomic E-state index is 0. The SMILES string of the molecule is CS(=O)(=O)NC(=O)c1cc(F)c(-c2cnc(F)c(Br)c2)cc1F.Cc1cc(Cl)cc(Cl)c1O.Cc1cc(Cl)cc(Cl)c1Oc1ncc(-c2cc(F)c(C(=O)CS(C)(=O)=O)cc2F)cc1Br.Cc1cc(Cl)cc(Cl)c1Oc1ncc(-c2cc(F)c(C(=O)CS(C)(=O)=O)cc2F)cc1C#N.O=CO[O-].[Cs+].[Cs+].[H-]. The maximum absolute atomic E-state index is 14.7. The molecule has 0 fully saturated rings. The van der Waals surface area contributed by atoms with Gasteiger partial charge in [0.05, 0.1) is 47.0 Å². The number of amides is 1. The molecule has 0 atom stereocenters. The molecule has 9 aromatic rings. The van der Waals surface area contributed by atoms with Crippen molar-refractivity contribution in [3.05, 3.63) is 228 Å². The van der Waals surface area contributed by atoms with Gasteiger partial charge in [0, 0.05) is 79.6 Å². The topological polar surface area (TPSA) is 316 Å². The second kappa shape index (κ2) is 41.7. The van der Waals surface area contributed by atoms with E-state index >= 15 is 0 Å². The first-order valence-electron chi connectivity index (χ1n) is 27.3. The number of aryl methyl sites for hydroxylation is 3. The van der Waals surface area contributed by atoms with Gasteiger partial charge in [-0.05, 0) is 160 Å². The number of rotatable bonds is 16. The first-order valence-corrected chi connectivity index (χ1v) is 37.2. The molecule has 0 radical (unpaired) electrons. The third-order valence-electron chi connectivity index (χ3n) is 12.6. The number of sulfone groups is 2. The van der Waals surface area contributed by atoms with Gasteiger partial charge < -0.3 is 26.2 Å². The van der Waals surface area contributed by atoms with Crippen LogP contribution in [0.4, 0.5) is 30.7 Å². The zero-order valence-electron chi connectivity index (χ0n) is 55.2. The van der Waals surface area contributed by atoms with Gasteiger partial charge >= 0.3 is 138 Å². The summed E-state index contributed by atoms with van der Waals surface area (Å²) in [5, 5.41) is 29.2. The number of Topliss-reactive ketones (excluding diaryl/α,β-unsaturated/α-hetero) is 2. The summed E-state index contributed by atoms with van der Waals surface area (Å²) in [4.78, 5) is 58.4. The van der Waals surface area contributed by atoms with Gasteiger partial charge in [0.1, 0.15) is 63.8 Å². The molecule has 1 amide bonds. The van der Waals surface area contributed by atoms with E-state index in [0.717, 1.165) is 37.0 Å². The Hall–Kier alpha value is -3.94. The Labute approximate surface area is 755 Å². The largest absolute Gasteiger partial charge is 1.00 e. The van der Waals surface area contributed by atoms with Crippen molar-refractivity contribution in [1.29, 1.82) is 5.26 Å². The van der Waals surface area contributed by atoms with E-state index in [4.69, 9.17) is 94.2 Å². The quantitative estimate of drug-likeness (QED) is 0.0227. The van der Waals surface area contributed by atoms with E-state index in [2.05, 4.69) is 51.7 Å². The molecule has 2 N–H and O–H groups in total. The first-order chi connectivity index (χ1) is 47.3. The van der Waals surface area contributed by atoms with Gasteiger partial charge in [0.15, 0.2) is 42.7 Å². The number of aromatic hydroxyl groups is 1. The molecule has 9 rings (SSSR count). The summed E-state index contributed by atoms with van der Waals surface area (Å²) in [6.45, 7) is 5.01. The van der Waals surface area contributed by atoms with Crippen molar-refractivity contribution in [3.63, 3.8) is 0 Å². The average Bonchev–Trinajstić information content (AvgIpc) is 0.777. The van der Waals surface area contributed by atoms with E-state index < -0.39 is 116 Å². The van der Waals surface area contributed by atoms with Crippen LogP contribution >= 0.6 is 101 Å². The predicted octanol–water partition coefficient (Wildman–Crippen LogP) is 10.1. The van der Waals surface area contributed by atoms with E-state index in [1.807, 2.05) is 6.07 Å². The Morgan fingerprint density at radius 3 is 1.27 bits per heavy atom. The van der Waals surface area contributed by atoms with Gasteiger partial charge in [-0.3, -0.25) is 19.2 Å². The number of nitriles is 1. The van der Waals surface area contributed by atoms with Crippen molar-refractivity contribution in [2.24, 2.45) is 0 Å². The molecule has 540 valence electrons. The molecule has 0 saturated carbocycles. The Kier molecular flexibility index (Phi) is 37.8. The maximum atomic E-state index is 14.7. The van der Waals surface area contributed by atoms with Crippen LogP contribution in [0, 0.1) is 73.0 Å². The minimum atomic E-state index is -3.92. The van der Waals surface area contributed by atoms with Crippen LogP contribution in [0.2, 0.25) is 30.1 Å². The van der Waals surface area contributed by atoms with Gasteiger partial charge in [0.25, 0.3) is 12.4 Å². The molecular weight excluding hydrogens is 1950 g/mol. The molecule has 40 heteroatoms. The van der Waals surface area contributed by atoms with E-state index in [-0.39, 0.29) is 222 Å². The Balaban J connectivity index is 0.000000487. The number of ether oxygens (including phenoxy) is 2. The number of sulfonamides is 1. The van der Waals surface area contributed by atoms with Crippen LogP contribution in [0.5, 0.6) is 29.0 Å². The predicted molar refractivity (Wildman–Crippen MR) is 373 cm³/mol. The summed E-state index contributed by atoms with van der Waals surface area (Å²) in [7, 11) is -11.3. The van der Waals surface area contributed by atoms with Gasteiger partial charge in [-0.2, -0.15) is 9.65 Å². The molecule has 0 spiro atoms. The summed E-state index contributed by atoms with van der Waals surface area (Å²) in [5.74, 6) is -11.6. The van der Waals surface area contributed by atoms with Crippen LogP contribution in [-0.2, 0) is 39.4 Å². The van der Waals surface area contributed by atoms with Gasteiger partial charge in [-0.1, -0.05) is 69.6 Å². The second-order valence-electron chi connectivity index (χ2n) is 20.8. The van der Waals surface area contributed by atoms with Crippen molar-refractivity contribution in [2.45, 2.75) is 20.8 Å². The smallest absolute Gasteiger partial charge is 1.00 e. The number of pyridine rings is 3. The van der Waals surface area contributed by atoms with Crippen LogP contribution in [0.25, 0.3) is 33.4 Å². The van der Waals surface area contributed by atoms with E-state index in [1.165, 1.54) is 47.3 Å². The van der Waals surface area contributed by atoms with Gasteiger partial charge in [-0.15, -0.1) is 0 Å². The molecule has 20 nitrogen and oxygen atoms in total. The normalized spacial score (nSPS) is 10.7. The van der Waals surface area contributed by atoms with Crippen LogP contribution in [0.1, 0.15) is 54.8 Å². The fourth-order valence-electron chi connectivity index (χ4n) is 8.26. The fraction of sp³-hybridized carbons (Fsp3) is 0.125. The summed E-state index contributed by atoms with van der Waals surface area (Å²) >= 11 is 41.6. The molecule has 0 aliphatic rings. The zero-order chi connectivity index (χ0) is 76.8. The number of nitrogens with zero attached hydrogens (tertiary/aromatic N) is 4. The Morgan fingerprint density at radius 1 is 0.548 bits per heavy atom. The van der Waals surface area contributed by atoms with Gasteiger partial charge in [-0.25, -0.2) is 71.3 Å². The zero-order valence-corrected chi connectivity index (χ0v) is 76.9. The number of hydrogen-bond donors (Lipinski definition) is 2. The molecule has 0 aliphatic heterocycles. The number of carbonyl (C=O) groups is 4. The van der Waals surface area contributed by atoms with E-state index in [0.29, 0.717) is 77.5 Å². The number of aromatic nitrogens is 3. The molecule has 3 heterocycles. The summed E-state index contributed by atoms with van der Waals surface area (Å²) in [5.41, 5.74) is -0.641. The Morgan fingerprint density at radius 2 is 0.904 bits per heavy atom. The number of phenols is 1. The van der Waals surface area contributed by atoms with Crippen molar-refractivity contribution in [2.75, 3.05) is 30.3 Å². The third-order valence-corrected chi connectivity index (χ3v) is 17.4. The Bertz CT molecular complexity index is 5170. The monoisotopic (exact) mass is 1980 g/mol. The summed E-state index contributed by atoms with van der Waals surface area (Å²) in [6, 6.07) is 19.3. The molecule has 6 aromatic carbocycles. The van der Waals surface area contributed by atoms with Crippen molar-refractivity contribution in [3.8, 4) is 68.5 Å². The van der Waals surface area contributed by atoms with E-state index in [9.17, 15) is 75.6 Å². The summed E-state index contributed by atoms with van der Waals surface area (Å²) in [6.07, 6.45) is 5.76. The second-order valence-corrected chi connectivity index (χ2v) is 31.1. The third kappa shape index (κ3) is 28.2. The molecule has 0 unspecified atom stereocenters. The van der Waals surface area contributed by atoms with E-state index in [1.54, 1.807) is 39.0 Å². The van der Waals surface area contributed by atoms with Crippen molar-refractivity contribution in [1.82, 2.24) is 19.7 Å². The number of carbonyl (C=O) groups excluding carboxylic acids is 4. The molecule has 0 aliphatic carbocycles. The summed E-state index contributed by atoms with van der Waals surface area (Å²) < 4.78 is 180. The maximum Gasteiger partial charge on any atom is 1.00 e. The van der Waals surface area contributed by atoms with Crippen LogP contribution in [0.15, 0.2) is 119 Å². The standard InChI is InChI=1S/C22H14Cl2F2N2O4S.C21H14BrCl2F2NO4S.C13H8BrF3N2O3S.C7H6Cl2O.CH2O3.2Cs.H/c1-11-3-14(23)5-17(24)21(11)32-22-12(8-27)4-13(9-28-22)15-6-19(26)16(7-18(15)25)20(29)10-33(2,30)31;1-10-3-12(23)5-16(24)20(10)31-21-15(22)4-11(8-27-21)13-6-18(26)14(7-17(13)25)19(28)9-32(2,29)30;1-23(21,22)19-13(20)8-4-10(15)7(3-11(8)16)6-2-9(14)12(17)18-5-6;1-4-2-5(8)3-6(9)7(4)10;2-1-4-3;;;/h3-7,9H,10H2,1-2H3;3-8H,9H2,1-2H3;2-5H,1H3,(H,19,20);2-3,10H,1H3;1,3H;;;/q;;;;;2*+1;-1/p-1. The molecular formula is C64H44Br2Cl6Cs2F7N5O15S3. The molecule has 3 aromatic heterocycles. The number of ketones is 2. The van der Waals surface area contributed by atoms with Crippen molar-refractivity contribution >= 4 is 155 Å². The number of halogens is 15. The molecule has 104 heavy (non-hydrogen) atoms. The van der Waals surface area contributed by atoms with Crippen LogP contribution < -0.4 is 157 Å². The fourth-order valence-corrected chi connectivity index (χ4v) is 12.6. The van der Waals surface area contributed by atoms with Gasteiger partial charge in [0.2, 0.25) is 27.7 Å². The van der Waals surface area contributed by atoms with Crippen molar-refractivity contribution < 1.29 is 239 Å². The first kappa shape index (κ1) is 94.3.